The second kappa shape index (κ2) is 59.9. The summed E-state index contributed by atoms with van der Waals surface area (Å²) in [6.45, 7) is 7.19. The average molecular weight is 820 g/mol. The van der Waals surface area contributed by atoms with Gasteiger partial charge in [0.25, 0.3) is 0 Å². The fraction of sp³-hybridized carbons (Fsp3) is 0.545. The van der Waals surface area contributed by atoms with Crippen LogP contribution in [0, 0.1) is 0 Å². The van der Waals surface area contributed by atoms with E-state index in [4.69, 9.17) is 22.9 Å². The minimum absolute atomic E-state index is 0. The molecule has 24 nitrogen and oxygen atoms in total. The molecular weight excluding hydrogens is 763 g/mol. The monoisotopic (exact) mass is 818 g/mol. The number of carbonyl (C=O) groups is 4. The summed E-state index contributed by atoms with van der Waals surface area (Å²) in [7, 11) is 0. The fourth-order valence-electron chi connectivity index (χ4n) is 2.43. The number of hydrogen-bond acceptors (Lipinski definition) is 14. The molecule has 304 valence electrons. The van der Waals surface area contributed by atoms with Crippen LogP contribution in [-0.4, -0.2) is 131 Å². The predicted molar refractivity (Wildman–Crippen MR) is 160 cm³/mol. The third kappa shape index (κ3) is 45.6. The van der Waals surface area contributed by atoms with Crippen molar-refractivity contribution >= 4 is 23.9 Å². The van der Waals surface area contributed by atoms with Crippen LogP contribution in [0.3, 0.4) is 0 Å². The molecule has 0 atom stereocenters. The Hall–Kier alpha value is -2.50. The normalized spacial score (nSPS) is 7.42. The van der Waals surface area contributed by atoms with Crippen LogP contribution < -0.4 is 54.0 Å². The van der Waals surface area contributed by atoms with Gasteiger partial charge < -0.3 is 128 Å². The van der Waals surface area contributed by atoms with E-state index in [1.165, 1.54) is 0 Å². The van der Waals surface area contributed by atoms with Gasteiger partial charge in [0.05, 0.1) is 23.9 Å². The first-order chi connectivity index (χ1) is 17.1. The molecule has 0 aliphatic rings. The molecule has 2 radical (unpaired) electrons. The van der Waals surface area contributed by atoms with Crippen LogP contribution in [-0.2, 0) is 34.1 Å². The van der Waals surface area contributed by atoms with Crippen LogP contribution in [0.2, 0.25) is 0 Å². The molecule has 30 N–H and O–H groups in total. The van der Waals surface area contributed by atoms with Crippen LogP contribution in [0.25, 0.3) is 0 Å². The molecule has 0 aromatic heterocycles. The number of nitrogens with one attached hydrogen (secondary N) is 2. The summed E-state index contributed by atoms with van der Waals surface area (Å²) in [4.78, 5) is 42.4. The van der Waals surface area contributed by atoms with Crippen LogP contribution in [0.5, 0.6) is 0 Å². The van der Waals surface area contributed by atoms with Gasteiger partial charge in [-0.3, -0.25) is 0 Å². The van der Waals surface area contributed by atoms with Gasteiger partial charge in [-0.15, -0.1) is 0 Å². The van der Waals surface area contributed by atoms with Gasteiger partial charge in [0.2, 0.25) is 0 Å². The first-order valence-electron chi connectivity index (χ1n) is 11.3. The maximum absolute atomic E-state index is 10.6. The molecule has 48 heavy (non-hydrogen) atoms. The van der Waals surface area contributed by atoms with Crippen LogP contribution in [0.4, 0.5) is 0 Å². The first kappa shape index (κ1) is 90.8. The third-order valence-corrected chi connectivity index (χ3v) is 4.27. The van der Waals surface area contributed by atoms with Gasteiger partial charge >= 0.3 is 34.1 Å². The zero-order valence-electron chi connectivity index (χ0n) is 25.8. The van der Waals surface area contributed by atoms with E-state index >= 15 is 0 Å². The summed E-state index contributed by atoms with van der Waals surface area (Å²) in [6, 6.07) is 0.613. The number of aromatic carboxylic acids is 4. The van der Waals surface area contributed by atoms with Crippen molar-refractivity contribution in [2.45, 2.75) is 25.7 Å². The van der Waals surface area contributed by atoms with E-state index in [2.05, 4.69) is 10.6 Å². The van der Waals surface area contributed by atoms with E-state index in [9.17, 15) is 39.6 Å². The number of rotatable bonds is 16. The van der Waals surface area contributed by atoms with Gasteiger partial charge in [0.1, 0.15) is 0 Å². The maximum Gasteiger partial charge on any atom is 2.00 e. The van der Waals surface area contributed by atoms with Crippen molar-refractivity contribution in [3.63, 3.8) is 0 Å². The summed E-state index contributed by atoms with van der Waals surface area (Å²) in [6.07, 6.45) is 4.24. The number of carboxylic acid groups (broad SMARTS) is 4. The maximum atomic E-state index is 10.6. The van der Waals surface area contributed by atoms with Crippen LogP contribution in [0.15, 0.2) is 12.1 Å². The van der Waals surface area contributed by atoms with Crippen molar-refractivity contribution in [2.24, 2.45) is 22.9 Å². The number of carbonyl (C=O) groups excluding carboxylic acids is 4. The topological polar surface area (TPSA) is 604 Å². The van der Waals surface area contributed by atoms with E-state index in [-0.39, 0.29) is 88.9 Å². The average Bonchev–Trinajstić information content (AvgIpc) is 2.83. The van der Waals surface area contributed by atoms with E-state index in [0.29, 0.717) is 12.1 Å². The zero-order chi connectivity index (χ0) is 27.9. The predicted octanol–water partition coefficient (Wildman–Crippen LogP) is -14.6. The molecule has 0 spiro atoms. The third-order valence-electron chi connectivity index (χ3n) is 4.27. The second-order valence-electron chi connectivity index (χ2n) is 7.16. The van der Waals surface area contributed by atoms with Crippen LogP contribution >= 0.6 is 0 Å². The summed E-state index contributed by atoms with van der Waals surface area (Å²) in [5.74, 6) is -7.99. The minimum atomic E-state index is -2.00. The van der Waals surface area contributed by atoms with E-state index in [1.807, 2.05) is 0 Å². The molecule has 1 aromatic rings. The Kier molecular flexibility index (Phi) is 113. The van der Waals surface area contributed by atoms with Crippen molar-refractivity contribution in [3.8, 4) is 0 Å². The molecular formula is C22H56Cu2N6O18. The van der Waals surface area contributed by atoms with Crippen molar-refractivity contribution < 1.29 is 129 Å². The standard InChI is InChI=1S/C10H6O8.2C6H17N3.2Cu.10H2O/c11-7(12)3-1-4(8(13)14)6(10(17)18)2-5(3)9(15)16;2*7-3-1-5-9-6-2-4-8;;;;;;;;;;;;/h1-2H,(H,11,12)(H,13,14)(H,15,16)(H,17,18);2*9H,1-8H2;;;10*1H2/q;;;2*+2;;;;;;;;;;/p-4. The number of carboxylic acids is 4. The van der Waals surface area contributed by atoms with Gasteiger partial charge in [0.15, 0.2) is 0 Å². The van der Waals surface area contributed by atoms with Crippen molar-refractivity contribution in [1.29, 1.82) is 0 Å². The number of benzene rings is 1. The fourth-order valence-corrected chi connectivity index (χ4v) is 2.43. The molecule has 1 rings (SSSR count). The molecule has 1 aromatic carbocycles. The van der Waals surface area contributed by atoms with Crippen molar-refractivity contribution in [2.75, 3.05) is 52.4 Å². The summed E-state index contributed by atoms with van der Waals surface area (Å²) >= 11 is 0. The number of nitrogens with two attached hydrogens (primary N) is 4. The Morgan fingerprint density at radius 3 is 0.667 bits per heavy atom. The van der Waals surface area contributed by atoms with Crippen molar-refractivity contribution in [1.82, 2.24) is 10.6 Å². The minimum Gasteiger partial charge on any atom is -0.545 e. The quantitative estimate of drug-likeness (QED) is 0.0667. The molecule has 0 saturated heterocycles. The van der Waals surface area contributed by atoms with E-state index in [0.717, 1.165) is 78.0 Å². The van der Waals surface area contributed by atoms with Gasteiger partial charge in [0, 0.05) is 22.3 Å². The molecule has 0 aliphatic heterocycles. The molecule has 0 saturated carbocycles. The van der Waals surface area contributed by atoms with E-state index < -0.39 is 46.1 Å². The van der Waals surface area contributed by atoms with Gasteiger partial charge in [-0.2, -0.15) is 0 Å². The molecule has 26 heteroatoms. The first-order valence-corrected chi connectivity index (χ1v) is 11.3. The Labute approximate surface area is 298 Å². The molecule has 0 unspecified atom stereocenters. The van der Waals surface area contributed by atoms with Crippen molar-refractivity contribution in [3.05, 3.63) is 34.4 Å². The Morgan fingerprint density at radius 1 is 0.417 bits per heavy atom. The summed E-state index contributed by atoms with van der Waals surface area (Å²) in [5, 5.41) is 48.9. The van der Waals surface area contributed by atoms with Gasteiger partial charge in [-0.05, 0) is 90.2 Å². The SMILES string of the molecule is NCCCNCCCN.NCCCNCCCN.O.O.O.O.O.O.O.O.O.O.O=C([O-])c1cc(C(=O)[O-])c(C(=O)[O-])cc1C(=O)[O-].[Cu+2].[Cu+2]. The summed E-state index contributed by atoms with van der Waals surface area (Å²) in [5.41, 5.74) is 17.0. The van der Waals surface area contributed by atoms with Gasteiger partial charge in [-0.1, -0.05) is 0 Å². The molecule has 0 aliphatic carbocycles. The van der Waals surface area contributed by atoms with Gasteiger partial charge in [-0.25, -0.2) is 0 Å². The molecule has 0 fully saturated rings. The smallest absolute Gasteiger partial charge is 0.545 e. The zero-order valence-corrected chi connectivity index (χ0v) is 27.7. The number of hydrogen-bond donors (Lipinski definition) is 6. The molecule has 0 bridgehead atoms. The Balaban J connectivity index is -0.0000000286. The summed E-state index contributed by atoms with van der Waals surface area (Å²) < 4.78 is 0. The van der Waals surface area contributed by atoms with Crippen LogP contribution in [0.1, 0.15) is 67.1 Å². The van der Waals surface area contributed by atoms with E-state index in [1.54, 1.807) is 0 Å². The molecule has 0 amide bonds. The molecule has 0 heterocycles. The largest absolute Gasteiger partial charge is 2.00 e. The Bertz CT molecular complexity index is 712. The second-order valence-corrected chi connectivity index (χ2v) is 7.16. The Morgan fingerprint density at radius 2 is 0.562 bits per heavy atom.